The minimum Gasteiger partial charge on any atom is -0.408 e. The topological polar surface area (TPSA) is 107 Å². The molecule has 290 valence electrons. The third-order valence-electron chi connectivity index (χ3n) is 11.8. The Hall–Kier alpha value is -4.80. The van der Waals surface area contributed by atoms with Gasteiger partial charge in [-0.1, -0.05) is 36.4 Å². The maximum absolute atomic E-state index is 13.0. The molecule has 0 saturated heterocycles. The molecule has 6 aromatic rings. The van der Waals surface area contributed by atoms with Crippen molar-refractivity contribution in [1.82, 2.24) is 20.2 Å². The van der Waals surface area contributed by atoms with E-state index in [0.29, 0.717) is 35.1 Å². The number of oxazole rings is 2. The molecule has 0 unspecified atom stereocenters. The lowest BCUT2D eigenvalue weighted by Crippen LogP contribution is -2.35. The Morgan fingerprint density at radius 1 is 0.636 bits per heavy atom. The van der Waals surface area contributed by atoms with E-state index >= 15 is 0 Å². The quantitative estimate of drug-likeness (QED) is 0.108. The third-order valence-corrected chi connectivity index (χ3v) is 11.8. The first-order chi connectivity index (χ1) is 26.8. The van der Waals surface area contributed by atoms with Gasteiger partial charge in [-0.05, 0) is 180 Å². The molecule has 8 rings (SSSR count). The Labute approximate surface area is 320 Å². The van der Waals surface area contributed by atoms with Gasteiger partial charge in [0.15, 0.2) is 11.2 Å². The van der Waals surface area contributed by atoms with Crippen molar-refractivity contribution in [2.45, 2.75) is 101 Å². The summed E-state index contributed by atoms with van der Waals surface area (Å²) >= 11 is 0. The van der Waals surface area contributed by atoms with Gasteiger partial charge in [-0.15, -0.1) is 0 Å². The molecule has 0 bridgehead atoms. The van der Waals surface area contributed by atoms with E-state index < -0.39 is 11.5 Å². The molecule has 10 heteroatoms. The summed E-state index contributed by atoms with van der Waals surface area (Å²) in [6.45, 7) is 2.06. The average molecular weight is 751 g/mol. The maximum Gasteiger partial charge on any atom is 0.417 e. The van der Waals surface area contributed by atoms with Gasteiger partial charge in [-0.3, -0.25) is 9.97 Å². The van der Waals surface area contributed by atoms with E-state index in [2.05, 4.69) is 39.4 Å². The smallest absolute Gasteiger partial charge is 0.408 e. The number of nitrogens with one attached hydrogen (secondary N) is 3. The van der Waals surface area contributed by atoms with Gasteiger partial charge >= 0.3 is 11.5 Å². The van der Waals surface area contributed by atoms with Crippen LogP contribution < -0.4 is 16.8 Å². The molecule has 2 saturated carbocycles. The first-order valence-corrected chi connectivity index (χ1v) is 19.9. The van der Waals surface area contributed by atoms with Gasteiger partial charge in [0.1, 0.15) is 11.6 Å². The standard InChI is InChI=1S/C23H27FN2O2.C22H25FN2O2/c1-26(14-2-3-16-4-9-19(24)10-5-16)20-11-6-17(7-12-20)18-8-13-21-22(15-18)28-23(27)25-21;23-18-8-3-15(4-9-18)2-1-13-24-19-10-5-16(6-11-19)17-7-12-20-21(14-17)27-22(26)25-20/h4-5,8-10,13,15,17,20H,2-3,6-7,11-12,14H2,1H3,(H,25,27);3-4,7-9,12,14,16,19,24H,1-2,5-6,10-11,13H2,(H,25,26). The van der Waals surface area contributed by atoms with Crippen molar-refractivity contribution in [2.75, 3.05) is 20.1 Å². The highest BCUT2D eigenvalue weighted by Crippen LogP contribution is 2.36. The number of aromatic nitrogens is 2. The van der Waals surface area contributed by atoms with E-state index in [9.17, 15) is 18.4 Å². The lowest BCUT2D eigenvalue weighted by atomic mass is 9.81. The fraction of sp³-hybridized carbons (Fsp3) is 0.422. The molecule has 2 aliphatic carbocycles. The molecular weight excluding hydrogens is 699 g/mol. The second kappa shape index (κ2) is 18.2. The van der Waals surface area contributed by atoms with Gasteiger partial charge in [0.05, 0.1) is 11.0 Å². The zero-order valence-corrected chi connectivity index (χ0v) is 31.6. The van der Waals surface area contributed by atoms with E-state index in [1.807, 2.05) is 48.5 Å². The van der Waals surface area contributed by atoms with Crippen molar-refractivity contribution in [3.05, 3.63) is 140 Å². The van der Waals surface area contributed by atoms with Crippen molar-refractivity contribution in [2.24, 2.45) is 0 Å². The Kier molecular flexibility index (Phi) is 12.7. The Morgan fingerprint density at radius 2 is 1.11 bits per heavy atom. The molecule has 2 aliphatic rings. The minimum atomic E-state index is -0.393. The van der Waals surface area contributed by atoms with Crippen LogP contribution in [0, 0.1) is 11.6 Å². The summed E-state index contributed by atoms with van der Waals surface area (Å²) in [5.74, 6) is -0.0593. The van der Waals surface area contributed by atoms with Gasteiger partial charge < -0.3 is 19.1 Å². The van der Waals surface area contributed by atoms with Crippen LogP contribution in [0.5, 0.6) is 0 Å². The molecule has 4 aromatic carbocycles. The Morgan fingerprint density at radius 3 is 1.62 bits per heavy atom. The number of nitrogens with zero attached hydrogens (tertiary/aromatic N) is 1. The molecule has 0 radical (unpaired) electrons. The predicted molar refractivity (Wildman–Crippen MR) is 214 cm³/mol. The predicted octanol–water partition coefficient (Wildman–Crippen LogP) is 9.36. The van der Waals surface area contributed by atoms with Crippen LogP contribution in [0.25, 0.3) is 22.2 Å². The van der Waals surface area contributed by atoms with E-state index in [4.69, 9.17) is 8.83 Å². The van der Waals surface area contributed by atoms with Crippen LogP contribution in [0.3, 0.4) is 0 Å². The van der Waals surface area contributed by atoms with Crippen molar-refractivity contribution in [3.8, 4) is 0 Å². The van der Waals surface area contributed by atoms with Crippen LogP contribution in [0.2, 0.25) is 0 Å². The number of H-pyrrole nitrogens is 2. The van der Waals surface area contributed by atoms with E-state index in [1.54, 1.807) is 0 Å². The first kappa shape index (κ1) is 38.5. The normalized spacial score (nSPS) is 20.1. The summed E-state index contributed by atoms with van der Waals surface area (Å²) in [4.78, 5) is 30.5. The number of aromatic amines is 2. The third kappa shape index (κ3) is 10.5. The van der Waals surface area contributed by atoms with Gasteiger partial charge in [0.25, 0.3) is 0 Å². The largest absolute Gasteiger partial charge is 0.417 e. The molecule has 2 heterocycles. The second-order valence-electron chi connectivity index (χ2n) is 15.5. The maximum atomic E-state index is 13.0. The molecule has 0 amide bonds. The number of aryl methyl sites for hydroxylation is 2. The van der Waals surface area contributed by atoms with Crippen LogP contribution in [-0.2, 0) is 12.8 Å². The summed E-state index contributed by atoms with van der Waals surface area (Å²) in [7, 11) is 2.22. The molecular formula is C45H52F2N4O4. The van der Waals surface area contributed by atoms with Crippen molar-refractivity contribution >= 4 is 22.2 Å². The van der Waals surface area contributed by atoms with Crippen LogP contribution >= 0.6 is 0 Å². The Bertz CT molecular complexity index is 2220. The van der Waals surface area contributed by atoms with Gasteiger partial charge in [0.2, 0.25) is 0 Å². The fourth-order valence-electron chi connectivity index (χ4n) is 8.53. The van der Waals surface area contributed by atoms with Gasteiger partial charge in [0, 0.05) is 12.1 Å². The van der Waals surface area contributed by atoms with Crippen molar-refractivity contribution in [1.29, 1.82) is 0 Å². The molecule has 3 N–H and O–H groups in total. The summed E-state index contributed by atoms with van der Waals surface area (Å²) in [6.07, 6.45) is 13.4. The van der Waals surface area contributed by atoms with Crippen LogP contribution in [0.15, 0.2) is 103 Å². The summed E-state index contributed by atoms with van der Waals surface area (Å²) in [5, 5.41) is 3.67. The number of benzene rings is 4. The van der Waals surface area contributed by atoms with Crippen LogP contribution in [0.4, 0.5) is 8.78 Å². The summed E-state index contributed by atoms with van der Waals surface area (Å²) < 4.78 is 36.3. The number of halogens is 2. The Balaban J connectivity index is 0.000000169. The molecule has 2 aromatic heterocycles. The minimum absolute atomic E-state index is 0.171. The number of fused-ring (bicyclic) bond motifs is 2. The van der Waals surface area contributed by atoms with E-state index in [0.717, 1.165) is 88.3 Å². The van der Waals surface area contributed by atoms with Crippen molar-refractivity contribution in [3.63, 3.8) is 0 Å². The zero-order valence-electron chi connectivity index (χ0n) is 31.6. The van der Waals surface area contributed by atoms with Crippen LogP contribution in [-0.4, -0.2) is 47.1 Å². The summed E-state index contributed by atoms with van der Waals surface area (Å²) in [5.41, 5.74) is 7.76. The fourth-order valence-corrected chi connectivity index (χ4v) is 8.53. The highest BCUT2D eigenvalue weighted by molar-refractivity contribution is 5.73. The number of hydrogen-bond donors (Lipinski definition) is 3. The van der Waals surface area contributed by atoms with Gasteiger partial charge in [-0.2, -0.15) is 0 Å². The highest BCUT2D eigenvalue weighted by atomic mass is 19.1. The number of hydrogen-bond acceptors (Lipinski definition) is 6. The molecule has 2 fully saturated rings. The summed E-state index contributed by atoms with van der Waals surface area (Å²) in [6, 6.07) is 27.0. The molecule has 0 spiro atoms. The van der Waals surface area contributed by atoms with E-state index in [-0.39, 0.29) is 11.6 Å². The average Bonchev–Trinajstić information content (AvgIpc) is 3.78. The number of rotatable bonds is 12. The molecule has 55 heavy (non-hydrogen) atoms. The highest BCUT2D eigenvalue weighted by Gasteiger charge is 2.26. The molecule has 8 nitrogen and oxygen atoms in total. The SMILES string of the molecule is CN(CCCc1ccc(F)cc1)C1CCC(c2ccc3[nH]c(=O)oc3c2)CC1.O=c1[nH]c2ccc(C3CCC(NCCCc4ccc(F)cc4)CC3)cc2o1. The first-order valence-electron chi connectivity index (χ1n) is 19.9. The van der Waals surface area contributed by atoms with Crippen LogP contribution in [0.1, 0.15) is 98.3 Å². The lowest BCUT2D eigenvalue weighted by Gasteiger charge is -2.35. The second-order valence-corrected chi connectivity index (χ2v) is 15.5. The molecule has 0 atom stereocenters. The van der Waals surface area contributed by atoms with E-state index in [1.165, 1.54) is 59.4 Å². The lowest BCUT2D eigenvalue weighted by molar-refractivity contribution is 0.181. The monoisotopic (exact) mass is 750 g/mol. The van der Waals surface area contributed by atoms with Gasteiger partial charge in [-0.25, -0.2) is 18.4 Å². The zero-order chi connectivity index (χ0) is 38.1. The van der Waals surface area contributed by atoms with Crippen molar-refractivity contribution < 1.29 is 17.6 Å². The molecule has 0 aliphatic heterocycles.